The van der Waals surface area contributed by atoms with Crippen LogP contribution < -0.4 is 4.72 Å². The lowest BCUT2D eigenvalue weighted by atomic mass is 10.1. The van der Waals surface area contributed by atoms with Gasteiger partial charge in [0.1, 0.15) is 0 Å². The van der Waals surface area contributed by atoms with Crippen molar-refractivity contribution in [2.75, 3.05) is 0 Å². The maximum atomic E-state index is 12.5. The number of amides is 1. The molecule has 0 aromatic heterocycles. The van der Waals surface area contributed by atoms with E-state index in [1.165, 1.54) is 0 Å². The van der Waals surface area contributed by atoms with E-state index in [1.807, 2.05) is 37.3 Å². The highest BCUT2D eigenvalue weighted by Crippen LogP contribution is 2.19. The Labute approximate surface area is 141 Å². The van der Waals surface area contributed by atoms with Crippen LogP contribution in [0, 0.1) is 13.8 Å². The molecule has 0 aliphatic carbocycles. The quantitative estimate of drug-likeness (QED) is 0.793. The molecule has 0 spiro atoms. The van der Waals surface area contributed by atoms with E-state index in [4.69, 9.17) is 0 Å². The van der Waals surface area contributed by atoms with Gasteiger partial charge in [-0.2, -0.15) is 0 Å². The number of nitrogens with one attached hydrogen (secondary N) is 1. The Morgan fingerprint density at radius 3 is 2.33 bits per heavy atom. The van der Waals surface area contributed by atoms with Crippen LogP contribution in [0.4, 0.5) is 0 Å². The van der Waals surface area contributed by atoms with Crippen molar-refractivity contribution in [1.82, 2.24) is 4.72 Å². The van der Waals surface area contributed by atoms with Gasteiger partial charge in [-0.1, -0.05) is 42.5 Å². The third-order valence-electron chi connectivity index (χ3n) is 3.87. The summed E-state index contributed by atoms with van der Waals surface area (Å²) in [5.41, 5.74) is 1.72. The van der Waals surface area contributed by atoms with E-state index >= 15 is 0 Å². The molecule has 3 aromatic carbocycles. The second-order valence-corrected chi connectivity index (χ2v) is 7.42. The van der Waals surface area contributed by atoms with Crippen LogP contribution in [-0.2, 0) is 10.0 Å². The van der Waals surface area contributed by atoms with Gasteiger partial charge < -0.3 is 0 Å². The Bertz CT molecular complexity index is 1040. The van der Waals surface area contributed by atoms with Crippen LogP contribution in [0.5, 0.6) is 0 Å². The van der Waals surface area contributed by atoms with Crippen LogP contribution in [-0.4, -0.2) is 14.3 Å². The molecule has 0 bridgehead atoms. The summed E-state index contributed by atoms with van der Waals surface area (Å²) in [5.74, 6) is -0.637. The predicted molar refractivity (Wildman–Crippen MR) is 94.5 cm³/mol. The summed E-state index contributed by atoms with van der Waals surface area (Å²) < 4.78 is 27.2. The van der Waals surface area contributed by atoms with Gasteiger partial charge in [-0.05, 0) is 53.9 Å². The lowest BCUT2D eigenvalue weighted by Gasteiger charge is -2.10. The van der Waals surface area contributed by atoms with E-state index < -0.39 is 15.9 Å². The minimum Gasteiger partial charge on any atom is -0.268 e. The fourth-order valence-corrected chi connectivity index (χ4v) is 3.87. The zero-order chi connectivity index (χ0) is 17.3. The van der Waals surface area contributed by atoms with Gasteiger partial charge >= 0.3 is 0 Å². The van der Waals surface area contributed by atoms with E-state index in [0.717, 1.165) is 16.3 Å². The molecule has 3 rings (SSSR count). The van der Waals surface area contributed by atoms with E-state index in [-0.39, 0.29) is 4.90 Å². The van der Waals surface area contributed by atoms with Gasteiger partial charge in [0.25, 0.3) is 15.9 Å². The van der Waals surface area contributed by atoms with Crippen molar-refractivity contribution in [2.24, 2.45) is 0 Å². The van der Waals surface area contributed by atoms with Crippen molar-refractivity contribution in [1.29, 1.82) is 0 Å². The summed E-state index contributed by atoms with van der Waals surface area (Å²) in [7, 11) is -3.91. The largest absolute Gasteiger partial charge is 0.268 e. The van der Waals surface area contributed by atoms with Gasteiger partial charge in [0, 0.05) is 5.56 Å². The molecule has 0 atom stereocenters. The number of carbonyl (C=O) groups excluding carboxylic acids is 1. The van der Waals surface area contributed by atoms with Crippen LogP contribution >= 0.6 is 0 Å². The summed E-state index contributed by atoms with van der Waals surface area (Å²) in [6.07, 6.45) is 0. The Morgan fingerprint density at radius 1 is 0.875 bits per heavy atom. The Kier molecular flexibility index (Phi) is 4.11. The van der Waals surface area contributed by atoms with Crippen molar-refractivity contribution < 1.29 is 13.2 Å². The van der Waals surface area contributed by atoms with Crippen molar-refractivity contribution in [3.8, 4) is 0 Å². The zero-order valence-corrected chi connectivity index (χ0v) is 14.2. The molecule has 0 fully saturated rings. The van der Waals surface area contributed by atoms with Crippen LogP contribution in [0.15, 0.2) is 65.6 Å². The fraction of sp³-hybridized carbons (Fsp3) is 0.105. The second-order valence-electron chi connectivity index (χ2n) is 5.77. The first-order valence-corrected chi connectivity index (χ1v) is 8.98. The SMILES string of the molecule is Cc1ccc(C)c(S(=O)(=O)NC(=O)c2ccc3ccccc3c2)c1. The number of rotatable bonds is 3. The molecule has 3 aromatic rings. The van der Waals surface area contributed by atoms with Gasteiger partial charge in [0.15, 0.2) is 0 Å². The van der Waals surface area contributed by atoms with Crippen LogP contribution in [0.3, 0.4) is 0 Å². The molecule has 1 N–H and O–H groups in total. The average molecular weight is 339 g/mol. The van der Waals surface area contributed by atoms with E-state index in [9.17, 15) is 13.2 Å². The molecule has 5 heteroatoms. The molecule has 0 saturated heterocycles. The van der Waals surface area contributed by atoms with Crippen LogP contribution in [0.2, 0.25) is 0 Å². The summed E-state index contributed by atoms with van der Waals surface area (Å²) >= 11 is 0. The van der Waals surface area contributed by atoms with E-state index in [1.54, 1.807) is 37.3 Å². The normalized spacial score (nSPS) is 11.4. The molecule has 0 heterocycles. The average Bonchev–Trinajstić information content (AvgIpc) is 2.56. The molecular formula is C19H17NO3S. The molecule has 0 aliphatic heterocycles. The predicted octanol–water partition coefficient (Wildman–Crippen LogP) is 3.58. The molecular weight excluding hydrogens is 322 g/mol. The number of hydrogen-bond acceptors (Lipinski definition) is 3. The monoisotopic (exact) mass is 339 g/mol. The van der Waals surface area contributed by atoms with Gasteiger partial charge in [0.05, 0.1) is 4.90 Å². The van der Waals surface area contributed by atoms with E-state index in [0.29, 0.717) is 11.1 Å². The molecule has 0 unspecified atom stereocenters. The molecule has 4 nitrogen and oxygen atoms in total. The zero-order valence-electron chi connectivity index (χ0n) is 13.4. The van der Waals surface area contributed by atoms with Gasteiger partial charge in [-0.15, -0.1) is 0 Å². The van der Waals surface area contributed by atoms with Crippen molar-refractivity contribution in [2.45, 2.75) is 18.7 Å². The van der Waals surface area contributed by atoms with Crippen molar-refractivity contribution >= 4 is 26.7 Å². The molecule has 1 amide bonds. The summed E-state index contributed by atoms with van der Waals surface area (Å²) in [6.45, 7) is 3.51. The number of sulfonamides is 1. The first-order valence-electron chi connectivity index (χ1n) is 7.50. The van der Waals surface area contributed by atoms with Crippen molar-refractivity contribution in [3.63, 3.8) is 0 Å². The third kappa shape index (κ3) is 3.16. The number of benzene rings is 3. The number of hydrogen-bond donors (Lipinski definition) is 1. The molecule has 0 aliphatic rings. The molecule has 0 saturated carbocycles. The van der Waals surface area contributed by atoms with Gasteiger partial charge in [-0.3, -0.25) is 4.79 Å². The standard InChI is InChI=1S/C19H17NO3S/c1-13-7-8-14(2)18(11-13)24(22,23)20-19(21)17-10-9-15-5-3-4-6-16(15)12-17/h3-12H,1-2H3,(H,20,21). The minimum absolute atomic E-state index is 0.122. The number of carbonyl (C=O) groups is 1. The lowest BCUT2D eigenvalue weighted by molar-refractivity contribution is 0.0981. The smallest absolute Gasteiger partial charge is 0.265 e. The highest BCUT2D eigenvalue weighted by Gasteiger charge is 2.21. The summed E-state index contributed by atoms with van der Waals surface area (Å²) in [5, 5.41) is 1.88. The summed E-state index contributed by atoms with van der Waals surface area (Å²) in [6, 6.07) is 17.8. The maximum Gasteiger partial charge on any atom is 0.265 e. The Morgan fingerprint density at radius 2 is 1.58 bits per heavy atom. The van der Waals surface area contributed by atoms with Gasteiger partial charge in [-0.25, -0.2) is 13.1 Å². The maximum absolute atomic E-state index is 12.5. The minimum atomic E-state index is -3.91. The summed E-state index contributed by atoms with van der Waals surface area (Å²) in [4.78, 5) is 12.5. The number of aryl methyl sites for hydroxylation is 2. The van der Waals surface area contributed by atoms with Crippen LogP contribution in [0.25, 0.3) is 10.8 Å². The third-order valence-corrected chi connectivity index (χ3v) is 5.34. The highest BCUT2D eigenvalue weighted by molar-refractivity contribution is 7.90. The highest BCUT2D eigenvalue weighted by atomic mass is 32.2. The molecule has 24 heavy (non-hydrogen) atoms. The topological polar surface area (TPSA) is 63.2 Å². The van der Waals surface area contributed by atoms with E-state index in [2.05, 4.69) is 4.72 Å². The second kappa shape index (κ2) is 6.09. The molecule has 122 valence electrons. The first kappa shape index (κ1) is 16.2. The number of fused-ring (bicyclic) bond motifs is 1. The Hall–Kier alpha value is -2.66. The molecule has 0 radical (unpaired) electrons. The first-order chi connectivity index (χ1) is 11.4. The Balaban J connectivity index is 1.93. The fourth-order valence-electron chi connectivity index (χ4n) is 2.56. The van der Waals surface area contributed by atoms with Crippen LogP contribution in [0.1, 0.15) is 21.5 Å². The van der Waals surface area contributed by atoms with Gasteiger partial charge in [0.2, 0.25) is 0 Å². The van der Waals surface area contributed by atoms with Crippen molar-refractivity contribution in [3.05, 3.63) is 77.4 Å². The lowest BCUT2D eigenvalue weighted by Crippen LogP contribution is -2.31.